The average Bonchev–Trinajstić information content (AvgIpc) is 2.63. The Morgan fingerprint density at radius 3 is 2.57 bits per heavy atom. The summed E-state index contributed by atoms with van der Waals surface area (Å²) in [5.74, 6) is 0.00667. The van der Waals surface area contributed by atoms with Gasteiger partial charge in [-0.3, -0.25) is 14.4 Å². The molecule has 2 atom stereocenters. The summed E-state index contributed by atoms with van der Waals surface area (Å²) in [5.41, 5.74) is -1.87. The van der Waals surface area contributed by atoms with E-state index in [-0.39, 0.29) is 29.6 Å². The van der Waals surface area contributed by atoms with Gasteiger partial charge in [0.1, 0.15) is 5.76 Å². The number of aryl methyl sites for hydroxylation is 1. The minimum atomic E-state index is -1.08. The first kappa shape index (κ1) is 20.5. The molecule has 0 bridgehead atoms. The molecule has 8 heteroatoms. The van der Waals surface area contributed by atoms with Crippen LogP contribution in [0.3, 0.4) is 0 Å². The number of hydrogen-bond donors (Lipinski definition) is 2. The average molecular weight is 392 g/mol. The predicted molar refractivity (Wildman–Crippen MR) is 101 cm³/mol. The molecule has 2 aliphatic heterocycles. The summed E-state index contributed by atoms with van der Waals surface area (Å²) in [6, 6.07) is 2.10. The Balaban J connectivity index is 1.64. The van der Waals surface area contributed by atoms with Crippen LogP contribution in [0, 0.1) is 6.92 Å². The van der Waals surface area contributed by atoms with Gasteiger partial charge in [0.05, 0.1) is 23.9 Å². The van der Waals surface area contributed by atoms with Gasteiger partial charge in [-0.2, -0.15) is 0 Å². The molecule has 3 rings (SSSR count). The van der Waals surface area contributed by atoms with Gasteiger partial charge in [0.25, 0.3) is 5.91 Å². The third kappa shape index (κ3) is 4.28. The van der Waals surface area contributed by atoms with Crippen molar-refractivity contribution in [2.75, 3.05) is 19.7 Å². The number of aliphatic hydroxyl groups is 1. The molecule has 0 aromatic carbocycles. The first-order valence-corrected chi connectivity index (χ1v) is 9.71. The largest absolute Gasteiger partial charge is 0.456 e. The maximum atomic E-state index is 12.7. The molecule has 0 radical (unpaired) electrons. The number of piperidine rings is 1. The van der Waals surface area contributed by atoms with Crippen LogP contribution in [0.5, 0.6) is 0 Å². The number of nitrogens with zero attached hydrogens (tertiary/aromatic N) is 1. The van der Waals surface area contributed by atoms with Crippen LogP contribution in [-0.2, 0) is 9.53 Å². The molecule has 2 aliphatic rings. The molecule has 1 aromatic rings. The molecule has 0 aliphatic carbocycles. The van der Waals surface area contributed by atoms with Gasteiger partial charge in [0.2, 0.25) is 5.91 Å². The summed E-state index contributed by atoms with van der Waals surface area (Å²) in [6.07, 6.45) is 1.87. The summed E-state index contributed by atoms with van der Waals surface area (Å²) in [4.78, 5) is 37.6. The van der Waals surface area contributed by atoms with Gasteiger partial charge in [0, 0.05) is 38.1 Å². The van der Waals surface area contributed by atoms with E-state index in [0.717, 1.165) is 0 Å². The van der Waals surface area contributed by atoms with Gasteiger partial charge in [-0.1, -0.05) is 6.92 Å². The summed E-state index contributed by atoms with van der Waals surface area (Å²) in [7, 11) is 0. The van der Waals surface area contributed by atoms with Crippen LogP contribution in [0.2, 0.25) is 0 Å². The van der Waals surface area contributed by atoms with Gasteiger partial charge in [0.15, 0.2) is 11.2 Å². The second kappa shape index (κ2) is 7.67. The lowest BCUT2D eigenvalue weighted by molar-refractivity contribution is -0.187. The van der Waals surface area contributed by atoms with Gasteiger partial charge in [-0.15, -0.1) is 0 Å². The Morgan fingerprint density at radius 2 is 2.00 bits per heavy atom. The van der Waals surface area contributed by atoms with E-state index in [1.807, 2.05) is 0 Å². The van der Waals surface area contributed by atoms with Crippen LogP contribution < -0.4 is 10.7 Å². The molecule has 2 fully saturated rings. The predicted octanol–water partition coefficient (Wildman–Crippen LogP) is 0.989. The number of likely N-dealkylation sites (tertiary alicyclic amines) is 1. The van der Waals surface area contributed by atoms with Crippen molar-refractivity contribution in [2.24, 2.45) is 0 Å². The SMILES string of the molecule is CCC(=O)N[C@H]1COC2(CCN(C(=O)c3cc(=O)cc(C)o3)CC2)C[C@]1(C)O. The van der Waals surface area contributed by atoms with Crippen molar-refractivity contribution in [1.29, 1.82) is 0 Å². The van der Waals surface area contributed by atoms with Crippen molar-refractivity contribution in [3.8, 4) is 0 Å². The molecular formula is C20H28N2O6. The summed E-state index contributed by atoms with van der Waals surface area (Å²) in [5, 5.41) is 13.7. The van der Waals surface area contributed by atoms with E-state index < -0.39 is 17.2 Å². The number of rotatable bonds is 3. The Morgan fingerprint density at radius 1 is 1.32 bits per heavy atom. The van der Waals surface area contributed by atoms with Crippen LogP contribution in [0.15, 0.2) is 21.3 Å². The van der Waals surface area contributed by atoms with E-state index in [1.54, 1.807) is 25.7 Å². The second-order valence-corrected chi connectivity index (χ2v) is 8.06. The van der Waals surface area contributed by atoms with E-state index >= 15 is 0 Å². The van der Waals surface area contributed by atoms with E-state index in [9.17, 15) is 19.5 Å². The lowest BCUT2D eigenvalue weighted by Gasteiger charge is -2.51. The molecule has 2 N–H and O–H groups in total. The monoisotopic (exact) mass is 392 g/mol. The fourth-order valence-electron chi connectivity index (χ4n) is 4.06. The van der Waals surface area contributed by atoms with E-state index in [2.05, 4.69) is 5.32 Å². The lowest BCUT2D eigenvalue weighted by atomic mass is 9.75. The third-order valence-corrected chi connectivity index (χ3v) is 5.71. The van der Waals surface area contributed by atoms with Crippen molar-refractivity contribution >= 4 is 11.8 Å². The number of hydrogen-bond acceptors (Lipinski definition) is 6. The highest BCUT2D eigenvalue weighted by Crippen LogP contribution is 2.39. The molecule has 1 aromatic heterocycles. The molecular weight excluding hydrogens is 364 g/mol. The summed E-state index contributed by atoms with van der Waals surface area (Å²) < 4.78 is 11.5. The fraction of sp³-hybridized carbons (Fsp3) is 0.650. The zero-order valence-electron chi connectivity index (χ0n) is 16.6. The maximum absolute atomic E-state index is 12.7. The molecule has 28 heavy (non-hydrogen) atoms. The molecule has 2 amide bonds. The summed E-state index contributed by atoms with van der Waals surface area (Å²) >= 11 is 0. The number of amides is 2. The highest BCUT2D eigenvalue weighted by atomic mass is 16.5. The highest BCUT2D eigenvalue weighted by Gasteiger charge is 2.49. The Labute approximate surface area is 163 Å². The lowest BCUT2D eigenvalue weighted by Crippen LogP contribution is -2.64. The molecule has 3 heterocycles. The van der Waals surface area contributed by atoms with Crippen molar-refractivity contribution in [3.05, 3.63) is 33.9 Å². The number of nitrogens with one attached hydrogen (secondary N) is 1. The van der Waals surface area contributed by atoms with Gasteiger partial charge in [-0.05, 0) is 26.7 Å². The van der Waals surface area contributed by atoms with Crippen molar-refractivity contribution in [3.63, 3.8) is 0 Å². The topological polar surface area (TPSA) is 109 Å². The van der Waals surface area contributed by atoms with Crippen LogP contribution in [0.1, 0.15) is 55.8 Å². The Kier molecular flexibility index (Phi) is 5.63. The first-order chi connectivity index (χ1) is 13.1. The molecule has 8 nitrogen and oxygen atoms in total. The number of carbonyl (C=O) groups is 2. The molecule has 2 saturated heterocycles. The maximum Gasteiger partial charge on any atom is 0.289 e. The quantitative estimate of drug-likeness (QED) is 0.794. The Bertz CT molecular complexity index is 807. The van der Waals surface area contributed by atoms with E-state index in [4.69, 9.17) is 9.15 Å². The highest BCUT2D eigenvalue weighted by molar-refractivity contribution is 5.91. The standard InChI is InChI=1S/C20H28N2O6/c1-4-17(24)21-16-11-27-20(12-19(16,3)26)5-7-22(8-6-20)18(25)15-10-14(23)9-13(2)28-15/h9-10,16,26H,4-8,11-12H2,1-3H3,(H,21,24)/t16-,19-/m0/s1. The number of ether oxygens (including phenoxy) is 1. The molecule has 154 valence electrons. The van der Waals surface area contributed by atoms with Crippen LogP contribution >= 0.6 is 0 Å². The minimum absolute atomic E-state index is 0.0415. The second-order valence-electron chi connectivity index (χ2n) is 8.06. The fourth-order valence-corrected chi connectivity index (χ4v) is 4.06. The minimum Gasteiger partial charge on any atom is -0.456 e. The van der Waals surface area contributed by atoms with Crippen molar-refractivity contribution in [1.82, 2.24) is 10.2 Å². The van der Waals surface area contributed by atoms with E-state index in [1.165, 1.54) is 12.1 Å². The summed E-state index contributed by atoms with van der Waals surface area (Å²) in [6.45, 7) is 6.24. The molecule has 1 spiro atoms. The molecule has 0 unspecified atom stereocenters. The van der Waals surface area contributed by atoms with Gasteiger partial charge < -0.3 is 24.5 Å². The third-order valence-electron chi connectivity index (χ3n) is 5.71. The first-order valence-electron chi connectivity index (χ1n) is 9.71. The number of carbonyl (C=O) groups excluding carboxylic acids is 2. The zero-order chi connectivity index (χ0) is 20.5. The Hall–Kier alpha value is -2.19. The zero-order valence-corrected chi connectivity index (χ0v) is 16.6. The smallest absolute Gasteiger partial charge is 0.289 e. The van der Waals surface area contributed by atoms with Crippen LogP contribution in [0.25, 0.3) is 0 Å². The van der Waals surface area contributed by atoms with Crippen LogP contribution in [-0.4, -0.2) is 58.8 Å². The van der Waals surface area contributed by atoms with Crippen molar-refractivity contribution in [2.45, 2.75) is 63.7 Å². The van der Waals surface area contributed by atoms with Crippen molar-refractivity contribution < 1.29 is 23.8 Å². The van der Waals surface area contributed by atoms with Gasteiger partial charge >= 0.3 is 0 Å². The van der Waals surface area contributed by atoms with E-state index in [0.29, 0.717) is 44.5 Å². The van der Waals surface area contributed by atoms with Crippen LogP contribution in [0.4, 0.5) is 0 Å². The van der Waals surface area contributed by atoms with Gasteiger partial charge in [-0.25, -0.2) is 0 Å². The normalized spacial score (nSPS) is 26.9. The molecule has 0 saturated carbocycles.